The van der Waals surface area contributed by atoms with Crippen LogP contribution in [-0.2, 0) is 5.41 Å². The molecule has 3 aromatic heterocycles. The first-order valence-corrected chi connectivity index (χ1v) is 21.5. The Morgan fingerprint density at radius 2 is 1.10 bits per heavy atom. The summed E-state index contributed by atoms with van der Waals surface area (Å²) in [6.45, 7) is 4.70. The fraction of sp³-hybridized carbons (Fsp3) is 0.0690. The van der Waals surface area contributed by atoms with Gasteiger partial charge in [-0.15, -0.1) is 0 Å². The van der Waals surface area contributed by atoms with Gasteiger partial charge < -0.3 is 14.3 Å². The van der Waals surface area contributed by atoms with Crippen LogP contribution in [0.15, 0.2) is 188 Å². The molecule has 3 nitrogen and oxygen atoms in total. The van der Waals surface area contributed by atoms with Crippen LogP contribution in [0.4, 0.5) is 5.69 Å². The van der Waals surface area contributed by atoms with Crippen molar-refractivity contribution < 1.29 is 0 Å². The van der Waals surface area contributed by atoms with E-state index in [1.165, 1.54) is 115 Å². The van der Waals surface area contributed by atoms with Crippen molar-refractivity contribution in [3.8, 4) is 16.8 Å². The molecule has 0 fully saturated rings. The lowest BCUT2D eigenvalue weighted by Crippen LogP contribution is -2.16. The number of benzene rings is 9. The van der Waals surface area contributed by atoms with Gasteiger partial charge in [0.15, 0.2) is 0 Å². The second-order valence-corrected chi connectivity index (χ2v) is 17.7. The predicted molar refractivity (Wildman–Crippen MR) is 257 cm³/mol. The Bertz CT molecular complexity index is 3870. The van der Waals surface area contributed by atoms with E-state index in [-0.39, 0.29) is 11.5 Å². The average Bonchev–Trinajstić information content (AvgIpc) is 4.02. The summed E-state index contributed by atoms with van der Waals surface area (Å²) in [7, 11) is 0. The summed E-state index contributed by atoms with van der Waals surface area (Å²) < 4.78 is 5.07. The minimum atomic E-state index is -0.0225. The number of para-hydroxylation sites is 4. The van der Waals surface area contributed by atoms with Gasteiger partial charge >= 0.3 is 0 Å². The van der Waals surface area contributed by atoms with Gasteiger partial charge in [-0.1, -0.05) is 159 Å². The normalized spacial score (nSPS) is 15.6. The molecule has 1 aliphatic heterocycles. The van der Waals surface area contributed by atoms with Crippen molar-refractivity contribution in [3.63, 3.8) is 0 Å². The number of rotatable bonds is 3. The largest absolute Gasteiger partial charge is 0.374 e. The summed E-state index contributed by atoms with van der Waals surface area (Å²) in [5, 5.41) is 14.2. The molecule has 61 heavy (non-hydrogen) atoms. The van der Waals surface area contributed by atoms with Crippen molar-refractivity contribution in [2.75, 3.05) is 5.32 Å². The molecule has 2 aliphatic rings. The van der Waals surface area contributed by atoms with E-state index < -0.39 is 0 Å². The highest BCUT2D eigenvalue weighted by atomic mass is 15.0. The monoisotopic (exact) mass is 777 g/mol. The van der Waals surface area contributed by atoms with E-state index in [0.717, 1.165) is 11.4 Å². The van der Waals surface area contributed by atoms with Gasteiger partial charge in [-0.2, -0.15) is 0 Å². The van der Waals surface area contributed by atoms with Gasteiger partial charge in [0.25, 0.3) is 0 Å². The number of hydrogen-bond acceptors (Lipinski definition) is 1. The minimum absolute atomic E-state index is 0.000874. The third-order valence-corrected chi connectivity index (χ3v) is 14.3. The van der Waals surface area contributed by atoms with Crippen molar-refractivity contribution in [3.05, 3.63) is 216 Å². The Morgan fingerprint density at radius 3 is 1.95 bits per heavy atom. The molecule has 3 heteroatoms. The Labute approximate surface area is 352 Å². The van der Waals surface area contributed by atoms with Gasteiger partial charge in [0.2, 0.25) is 0 Å². The predicted octanol–water partition coefficient (Wildman–Crippen LogP) is 15.0. The molecule has 0 saturated heterocycles. The molecule has 14 rings (SSSR count). The zero-order chi connectivity index (χ0) is 40.1. The van der Waals surface area contributed by atoms with Crippen molar-refractivity contribution in [2.45, 2.75) is 25.3 Å². The summed E-state index contributed by atoms with van der Waals surface area (Å²) in [5.74, 6) is 0. The topological polar surface area (TPSA) is 21.4 Å². The first kappa shape index (κ1) is 33.2. The second kappa shape index (κ2) is 11.8. The van der Waals surface area contributed by atoms with Crippen LogP contribution in [0.5, 0.6) is 0 Å². The molecule has 1 aliphatic carbocycles. The van der Waals surface area contributed by atoms with Crippen molar-refractivity contribution in [1.29, 1.82) is 0 Å². The average molecular weight is 778 g/mol. The van der Waals surface area contributed by atoms with E-state index in [1.807, 2.05) is 0 Å². The molecule has 0 saturated carbocycles. The summed E-state index contributed by atoms with van der Waals surface area (Å²) >= 11 is 0. The lowest BCUT2D eigenvalue weighted by molar-refractivity contribution is 0.660. The van der Waals surface area contributed by atoms with E-state index in [9.17, 15) is 0 Å². The van der Waals surface area contributed by atoms with E-state index in [1.54, 1.807) is 0 Å². The number of nitrogens with zero attached hydrogens (tertiary/aromatic N) is 2. The molecular weight excluding hydrogens is 739 g/mol. The second-order valence-electron chi connectivity index (χ2n) is 17.7. The van der Waals surface area contributed by atoms with Crippen LogP contribution in [0, 0.1) is 0 Å². The van der Waals surface area contributed by atoms with Gasteiger partial charge in [-0.05, 0) is 86.8 Å². The smallest absolute Gasteiger partial charge is 0.0707 e. The fourth-order valence-corrected chi connectivity index (χ4v) is 11.6. The molecule has 1 N–H and O–H groups in total. The first-order valence-electron chi connectivity index (χ1n) is 21.5. The maximum atomic E-state index is 3.91. The van der Waals surface area contributed by atoms with Crippen molar-refractivity contribution >= 4 is 81.9 Å². The molecule has 286 valence electrons. The summed E-state index contributed by atoms with van der Waals surface area (Å²) in [6, 6.07) is 67.9. The van der Waals surface area contributed by atoms with Crippen molar-refractivity contribution in [2.24, 2.45) is 0 Å². The van der Waals surface area contributed by atoms with Crippen LogP contribution in [0.1, 0.15) is 47.7 Å². The molecule has 9 aromatic carbocycles. The van der Waals surface area contributed by atoms with E-state index in [2.05, 4.69) is 216 Å². The van der Waals surface area contributed by atoms with Crippen molar-refractivity contribution in [1.82, 2.24) is 8.97 Å². The maximum absolute atomic E-state index is 3.91. The third-order valence-electron chi connectivity index (χ3n) is 14.3. The molecule has 1 unspecified atom stereocenters. The zero-order valence-corrected chi connectivity index (χ0v) is 33.9. The van der Waals surface area contributed by atoms with Crippen LogP contribution in [0.3, 0.4) is 0 Å². The number of anilines is 1. The number of aromatic nitrogens is 2. The van der Waals surface area contributed by atoms with E-state index in [4.69, 9.17) is 0 Å². The Balaban J connectivity index is 0.974. The van der Waals surface area contributed by atoms with Crippen LogP contribution in [-0.4, -0.2) is 8.97 Å². The Hall–Kier alpha value is -7.62. The van der Waals surface area contributed by atoms with Gasteiger partial charge in [0.05, 0.1) is 33.6 Å². The highest BCUT2D eigenvalue weighted by Crippen LogP contribution is 2.51. The number of fused-ring (bicyclic) bond motifs is 17. The summed E-state index contributed by atoms with van der Waals surface area (Å²) in [6.07, 6.45) is 2.43. The summed E-state index contributed by atoms with van der Waals surface area (Å²) in [4.78, 5) is 0. The van der Waals surface area contributed by atoms with Crippen LogP contribution < -0.4 is 5.32 Å². The highest BCUT2D eigenvalue weighted by molar-refractivity contribution is 6.39. The minimum Gasteiger partial charge on any atom is -0.374 e. The van der Waals surface area contributed by atoms with Crippen LogP contribution in [0.25, 0.3) is 93.1 Å². The summed E-state index contributed by atoms with van der Waals surface area (Å²) in [5.41, 5.74) is 19.1. The maximum Gasteiger partial charge on any atom is 0.0707 e. The third kappa shape index (κ3) is 4.27. The SMILES string of the molecule is CC1(C)c2ccccc2-c2cc(C3=CC(c4ccc(-n5c6ccccc6c6c7ccccc7c7c(c8cccc9c%10ccccc%10n7c98)c65)cc4)Nc4ccccc43)ccc21. The Morgan fingerprint density at radius 1 is 0.459 bits per heavy atom. The molecule has 0 radical (unpaired) electrons. The zero-order valence-electron chi connectivity index (χ0n) is 33.9. The molecule has 12 aromatic rings. The first-order chi connectivity index (χ1) is 30.0. The molecule has 0 spiro atoms. The number of hydrogen-bond donors (Lipinski definition) is 1. The molecule has 0 amide bonds. The van der Waals surface area contributed by atoms with Gasteiger partial charge in [-0.3, -0.25) is 0 Å². The van der Waals surface area contributed by atoms with Crippen LogP contribution in [0.2, 0.25) is 0 Å². The molecular formula is C58H39N3. The van der Waals surface area contributed by atoms with E-state index >= 15 is 0 Å². The fourth-order valence-electron chi connectivity index (χ4n) is 11.6. The molecule has 4 heterocycles. The Kier molecular flexibility index (Phi) is 6.41. The lowest BCUT2D eigenvalue weighted by Gasteiger charge is -2.28. The van der Waals surface area contributed by atoms with Crippen LogP contribution >= 0.6 is 0 Å². The van der Waals surface area contributed by atoms with E-state index in [0.29, 0.717) is 0 Å². The van der Waals surface area contributed by atoms with Gasteiger partial charge in [0.1, 0.15) is 0 Å². The quantitative estimate of drug-likeness (QED) is 0.190. The molecule has 0 bridgehead atoms. The standard InChI is InChI=1S/C58H39N3/c1-58(2)47-22-9-5-14-37(47)46-32-35(28-31-48(46)58)45-33-50(59-49-23-10-6-15-38(45)49)34-26-29-36(30-27-34)60-52-25-12-8-19-43(52)53-40-17-3-4-18-42(40)56-54(57(53)60)44-21-13-20-41-39-16-7-11-24-51(39)61(56)55(41)44/h3-33,50,59H,1-2H3. The van der Waals surface area contributed by atoms with Gasteiger partial charge in [-0.25, -0.2) is 0 Å². The van der Waals surface area contributed by atoms with Gasteiger partial charge in [0, 0.05) is 60.1 Å². The number of nitrogens with one attached hydrogen (secondary N) is 1. The molecule has 1 atom stereocenters. The highest BCUT2D eigenvalue weighted by Gasteiger charge is 2.35. The lowest BCUT2D eigenvalue weighted by atomic mass is 9.81.